The van der Waals surface area contributed by atoms with Crippen LogP contribution in [0.3, 0.4) is 0 Å². The molecule has 2 aromatic heterocycles. The lowest BCUT2D eigenvalue weighted by atomic mass is 9.90. The van der Waals surface area contributed by atoms with Gasteiger partial charge < -0.3 is 21.1 Å². The first-order valence-corrected chi connectivity index (χ1v) is 10.9. The van der Waals surface area contributed by atoms with Crippen molar-refractivity contribution in [1.29, 1.82) is 0 Å². The highest BCUT2D eigenvalue weighted by Crippen LogP contribution is 2.56. The summed E-state index contributed by atoms with van der Waals surface area (Å²) in [6.07, 6.45) is 6.24. The number of aromatic nitrogens is 4. The number of carbonyl (C=O) groups is 1. The number of aromatic amines is 1. The molecule has 2 aliphatic carbocycles. The van der Waals surface area contributed by atoms with Gasteiger partial charge in [0.1, 0.15) is 22.8 Å². The molecule has 1 amide bonds. The summed E-state index contributed by atoms with van der Waals surface area (Å²) in [5.74, 6) is 0.0102. The van der Waals surface area contributed by atoms with Crippen LogP contribution in [0.4, 0.5) is 15.9 Å². The number of nitrogens with two attached hydrogens (primary N) is 1. The largest absolute Gasteiger partial charge is 0.383 e. The number of rotatable bonds is 4. The zero-order valence-electron chi connectivity index (χ0n) is 17.5. The van der Waals surface area contributed by atoms with E-state index in [9.17, 15) is 14.3 Å². The predicted molar refractivity (Wildman–Crippen MR) is 118 cm³/mol. The van der Waals surface area contributed by atoms with Crippen LogP contribution < -0.4 is 11.1 Å². The standard InChI is InChI=1S/C22H24ClFN6O2/c1-30-20(25)18(21(31)28-14-2-3-16(24)15(23)6-14)19(29-30)11-4-12-7-22(32,8-13(12)5-11)17-9-26-10-27-17/h2-3,6,9-13,32H,4-5,7-8,25H2,1H3,(H,26,27)(H,28,31). The summed E-state index contributed by atoms with van der Waals surface area (Å²) >= 11 is 5.83. The van der Waals surface area contributed by atoms with E-state index in [1.54, 1.807) is 19.6 Å². The number of nitrogen functional groups attached to an aromatic ring is 1. The molecular weight excluding hydrogens is 435 g/mol. The van der Waals surface area contributed by atoms with Gasteiger partial charge in [-0.15, -0.1) is 0 Å². The molecule has 10 heteroatoms. The first-order valence-electron chi connectivity index (χ1n) is 10.6. The fourth-order valence-corrected chi connectivity index (χ4v) is 5.63. The van der Waals surface area contributed by atoms with Crippen LogP contribution in [-0.2, 0) is 12.6 Å². The quantitative estimate of drug-likeness (QED) is 0.476. The molecule has 2 saturated carbocycles. The van der Waals surface area contributed by atoms with E-state index < -0.39 is 17.3 Å². The number of H-pyrrole nitrogens is 1. The number of amides is 1. The van der Waals surface area contributed by atoms with E-state index in [2.05, 4.69) is 20.4 Å². The average molecular weight is 459 g/mol. The summed E-state index contributed by atoms with van der Waals surface area (Å²) in [5.41, 5.74) is 7.35. The third kappa shape index (κ3) is 3.45. The van der Waals surface area contributed by atoms with Crippen molar-refractivity contribution in [3.63, 3.8) is 0 Å². The number of imidazole rings is 1. The Labute approximate surface area is 189 Å². The second kappa shape index (κ2) is 7.60. The van der Waals surface area contributed by atoms with E-state index in [0.717, 1.165) is 12.8 Å². The summed E-state index contributed by atoms with van der Waals surface area (Å²) < 4.78 is 15.0. The number of hydrogen-bond acceptors (Lipinski definition) is 5. The molecule has 0 aliphatic heterocycles. The number of aryl methyl sites for hydroxylation is 1. The summed E-state index contributed by atoms with van der Waals surface area (Å²) in [6, 6.07) is 4.00. The minimum absolute atomic E-state index is 0.0646. The van der Waals surface area contributed by atoms with Crippen LogP contribution in [0.5, 0.6) is 0 Å². The Balaban J connectivity index is 1.36. The van der Waals surface area contributed by atoms with E-state index >= 15 is 0 Å². The summed E-state index contributed by atoms with van der Waals surface area (Å²) in [4.78, 5) is 20.3. The van der Waals surface area contributed by atoms with Crippen LogP contribution in [-0.4, -0.2) is 30.8 Å². The minimum atomic E-state index is -0.911. The molecule has 2 aliphatic rings. The molecule has 2 fully saturated rings. The van der Waals surface area contributed by atoms with E-state index in [1.807, 2.05) is 0 Å². The van der Waals surface area contributed by atoms with Gasteiger partial charge in [-0.05, 0) is 55.7 Å². The fraction of sp³-hybridized carbons (Fsp3) is 0.409. The number of benzene rings is 1. The van der Waals surface area contributed by atoms with Crippen LogP contribution in [0.2, 0.25) is 5.02 Å². The molecule has 168 valence electrons. The second-order valence-corrected chi connectivity index (χ2v) is 9.34. The van der Waals surface area contributed by atoms with Crippen molar-refractivity contribution in [2.45, 2.75) is 37.2 Å². The molecule has 0 radical (unpaired) electrons. The molecule has 0 bridgehead atoms. The third-order valence-corrected chi connectivity index (χ3v) is 7.22. The lowest BCUT2D eigenvalue weighted by Crippen LogP contribution is -2.23. The van der Waals surface area contributed by atoms with Gasteiger partial charge in [-0.25, -0.2) is 9.37 Å². The van der Waals surface area contributed by atoms with Crippen molar-refractivity contribution >= 4 is 29.0 Å². The zero-order valence-corrected chi connectivity index (χ0v) is 18.2. The number of nitrogens with one attached hydrogen (secondary N) is 2. The maximum Gasteiger partial charge on any atom is 0.261 e. The minimum Gasteiger partial charge on any atom is -0.383 e. The summed E-state index contributed by atoms with van der Waals surface area (Å²) in [5, 5.41) is 18.3. The molecule has 8 nitrogen and oxygen atoms in total. The lowest BCUT2D eigenvalue weighted by molar-refractivity contribution is 0.0305. The van der Waals surface area contributed by atoms with Crippen LogP contribution >= 0.6 is 11.6 Å². The third-order valence-electron chi connectivity index (χ3n) is 6.93. The van der Waals surface area contributed by atoms with Gasteiger partial charge in [-0.3, -0.25) is 9.48 Å². The van der Waals surface area contributed by atoms with Crippen molar-refractivity contribution < 1.29 is 14.3 Å². The smallest absolute Gasteiger partial charge is 0.261 e. The first kappa shape index (κ1) is 21.0. The summed E-state index contributed by atoms with van der Waals surface area (Å²) in [7, 11) is 1.70. The van der Waals surface area contributed by atoms with Gasteiger partial charge in [0.2, 0.25) is 0 Å². The number of hydrogen-bond donors (Lipinski definition) is 4. The van der Waals surface area contributed by atoms with E-state index in [0.29, 0.717) is 47.3 Å². The van der Waals surface area contributed by atoms with Crippen LogP contribution in [0.1, 0.15) is 53.3 Å². The van der Waals surface area contributed by atoms with E-state index in [1.165, 1.54) is 22.9 Å². The van der Waals surface area contributed by atoms with Crippen LogP contribution in [0.25, 0.3) is 0 Å². The predicted octanol–water partition coefficient (Wildman–Crippen LogP) is 3.56. The van der Waals surface area contributed by atoms with Gasteiger partial charge in [-0.2, -0.15) is 5.10 Å². The molecule has 2 unspecified atom stereocenters. The van der Waals surface area contributed by atoms with E-state index in [4.69, 9.17) is 17.3 Å². The Morgan fingerprint density at radius 3 is 2.72 bits per heavy atom. The topological polar surface area (TPSA) is 122 Å². The number of fused-ring (bicyclic) bond motifs is 1. The van der Waals surface area contributed by atoms with Gasteiger partial charge in [0, 0.05) is 24.8 Å². The Bertz CT molecular complexity index is 1160. The van der Waals surface area contributed by atoms with E-state index in [-0.39, 0.29) is 16.8 Å². The van der Waals surface area contributed by atoms with Gasteiger partial charge >= 0.3 is 0 Å². The molecule has 5 rings (SSSR count). The fourth-order valence-electron chi connectivity index (χ4n) is 5.45. The Morgan fingerprint density at radius 1 is 1.38 bits per heavy atom. The van der Waals surface area contributed by atoms with Gasteiger partial charge in [0.25, 0.3) is 5.91 Å². The van der Waals surface area contributed by atoms with Crippen molar-refractivity contribution in [3.8, 4) is 0 Å². The molecule has 1 aromatic carbocycles. The first-order chi connectivity index (χ1) is 15.2. The van der Waals surface area contributed by atoms with Crippen molar-refractivity contribution in [3.05, 3.63) is 58.5 Å². The zero-order chi connectivity index (χ0) is 22.6. The number of halogens is 2. The Kier molecular flexibility index (Phi) is 4.98. The van der Waals surface area contributed by atoms with Crippen molar-refractivity contribution in [2.24, 2.45) is 18.9 Å². The average Bonchev–Trinajstić information content (AvgIpc) is 3.49. The molecule has 2 atom stereocenters. The van der Waals surface area contributed by atoms with Crippen molar-refractivity contribution in [1.82, 2.24) is 19.7 Å². The molecule has 0 spiro atoms. The van der Waals surface area contributed by atoms with Gasteiger partial charge in [-0.1, -0.05) is 11.6 Å². The highest BCUT2D eigenvalue weighted by Gasteiger charge is 2.51. The molecule has 2 heterocycles. The number of nitrogens with zero attached hydrogens (tertiary/aromatic N) is 3. The lowest BCUT2D eigenvalue weighted by Gasteiger charge is -2.22. The van der Waals surface area contributed by atoms with Crippen LogP contribution in [0.15, 0.2) is 30.7 Å². The maximum absolute atomic E-state index is 13.5. The molecular formula is C22H24ClFN6O2. The van der Waals surface area contributed by atoms with Crippen molar-refractivity contribution in [2.75, 3.05) is 11.1 Å². The number of aliphatic hydroxyl groups is 1. The molecule has 32 heavy (non-hydrogen) atoms. The number of anilines is 2. The molecule has 0 saturated heterocycles. The van der Waals surface area contributed by atoms with Gasteiger partial charge in [0.05, 0.1) is 22.7 Å². The van der Waals surface area contributed by atoms with Gasteiger partial charge in [0.15, 0.2) is 0 Å². The SMILES string of the molecule is Cn1nc(C2CC3CC(O)(c4c[nH]cn4)CC3C2)c(C(=O)Nc2ccc(F)c(Cl)c2)c1N. The molecule has 5 N–H and O–H groups in total. The highest BCUT2D eigenvalue weighted by atomic mass is 35.5. The molecule has 3 aromatic rings. The second-order valence-electron chi connectivity index (χ2n) is 8.93. The highest BCUT2D eigenvalue weighted by molar-refractivity contribution is 6.31. The Hall–Kier alpha value is -2.91. The summed E-state index contributed by atoms with van der Waals surface area (Å²) in [6.45, 7) is 0. The maximum atomic E-state index is 13.5. The normalized spacial score (nSPS) is 26.9. The van der Waals surface area contributed by atoms with Crippen LogP contribution in [0, 0.1) is 17.7 Å². The Morgan fingerprint density at radius 2 is 2.09 bits per heavy atom. The monoisotopic (exact) mass is 458 g/mol. The number of carbonyl (C=O) groups excluding carboxylic acids is 1.